The Morgan fingerprint density at radius 3 is 2.83 bits per heavy atom. The Kier molecular flexibility index (Phi) is 5.64. The van der Waals surface area contributed by atoms with Crippen LogP contribution in [0.25, 0.3) is 0 Å². The number of urea groups is 1. The molecule has 0 saturated carbocycles. The fraction of sp³-hybridized carbons (Fsp3) is 0.333. The molecular weight excluding hydrogens is 306 g/mol. The van der Waals surface area contributed by atoms with Crippen LogP contribution >= 0.6 is 0 Å². The number of amides is 2. The topological polar surface area (TPSA) is 68.2 Å². The fourth-order valence-corrected chi connectivity index (χ4v) is 1.95. The lowest BCUT2D eigenvalue weighted by atomic mass is 10.1. The first-order chi connectivity index (χ1) is 11.0. The molecule has 8 heteroatoms. The summed E-state index contributed by atoms with van der Waals surface area (Å²) in [5, 5.41) is 9.35. The molecule has 1 atom stereocenters. The predicted molar refractivity (Wildman–Crippen MR) is 81.0 cm³/mol. The van der Waals surface area contributed by atoms with Crippen LogP contribution in [0.4, 0.5) is 19.4 Å². The number of hydrogen-bond donors (Lipinski definition) is 2. The zero-order chi connectivity index (χ0) is 16.8. The van der Waals surface area contributed by atoms with Crippen molar-refractivity contribution < 1.29 is 18.3 Å². The maximum atomic E-state index is 13.2. The van der Waals surface area contributed by atoms with Crippen LogP contribution in [0.3, 0.4) is 0 Å². The summed E-state index contributed by atoms with van der Waals surface area (Å²) in [5.41, 5.74) is 0.463. The number of anilines is 1. The van der Waals surface area contributed by atoms with E-state index in [1.807, 2.05) is 0 Å². The molecule has 1 aromatic heterocycles. The van der Waals surface area contributed by atoms with Crippen molar-refractivity contribution in [3.05, 3.63) is 47.7 Å². The summed E-state index contributed by atoms with van der Waals surface area (Å²) < 4.78 is 32.7. The number of benzene rings is 1. The lowest BCUT2D eigenvalue weighted by Gasteiger charge is -2.14. The summed E-state index contributed by atoms with van der Waals surface area (Å²) in [4.78, 5) is 11.9. The third-order valence-electron chi connectivity index (χ3n) is 3.20. The molecule has 0 aliphatic carbocycles. The van der Waals surface area contributed by atoms with Crippen molar-refractivity contribution in [1.82, 2.24) is 15.1 Å². The van der Waals surface area contributed by atoms with E-state index < -0.39 is 23.7 Å². The normalized spacial score (nSPS) is 12.0. The minimum Gasteiger partial charge on any atom is -0.383 e. The average Bonchev–Trinajstić information content (AvgIpc) is 2.95. The van der Waals surface area contributed by atoms with E-state index >= 15 is 0 Å². The third kappa shape index (κ3) is 4.75. The van der Waals surface area contributed by atoms with Crippen molar-refractivity contribution in [2.24, 2.45) is 0 Å². The highest BCUT2D eigenvalue weighted by Crippen LogP contribution is 2.16. The maximum absolute atomic E-state index is 13.2. The van der Waals surface area contributed by atoms with Gasteiger partial charge in [0.25, 0.3) is 0 Å². The Hall–Kier alpha value is -2.48. The number of carbonyl (C=O) groups excluding carboxylic acids is 1. The van der Waals surface area contributed by atoms with E-state index in [2.05, 4.69) is 15.7 Å². The van der Waals surface area contributed by atoms with Gasteiger partial charge >= 0.3 is 6.03 Å². The van der Waals surface area contributed by atoms with E-state index in [0.717, 1.165) is 12.1 Å². The number of ether oxygens (including phenoxy) is 1. The molecule has 2 aromatic rings. The molecule has 6 nitrogen and oxygen atoms in total. The Balaban J connectivity index is 1.90. The number of nitrogens with zero attached hydrogens (tertiary/aromatic N) is 2. The van der Waals surface area contributed by atoms with Gasteiger partial charge in [-0.1, -0.05) is 6.07 Å². The van der Waals surface area contributed by atoms with Crippen LogP contribution in [0.2, 0.25) is 0 Å². The highest BCUT2D eigenvalue weighted by molar-refractivity contribution is 5.88. The standard InChI is InChI=1S/C15H18F2N4O2/c1-10(11-3-4-12(16)13(17)9-11)18-15(22)19-14-5-6-21(20-14)7-8-23-2/h3-6,9-10H,7-8H2,1-2H3,(H2,18,19,20,22). The molecule has 1 unspecified atom stereocenters. The van der Waals surface area contributed by atoms with E-state index in [9.17, 15) is 13.6 Å². The van der Waals surface area contributed by atoms with Crippen molar-refractivity contribution >= 4 is 11.8 Å². The van der Waals surface area contributed by atoms with Gasteiger partial charge < -0.3 is 10.1 Å². The Morgan fingerprint density at radius 1 is 1.35 bits per heavy atom. The number of aromatic nitrogens is 2. The summed E-state index contributed by atoms with van der Waals surface area (Å²) in [6, 6.07) is 4.18. The quantitative estimate of drug-likeness (QED) is 0.858. The van der Waals surface area contributed by atoms with Crippen LogP contribution in [0.1, 0.15) is 18.5 Å². The number of hydrogen-bond acceptors (Lipinski definition) is 3. The van der Waals surface area contributed by atoms with Gasteiger partial charge in [-0.25, -0.2) is 13.6 Å². The van der Waals surface area contributed by atoms with Crippen LogP contribution in [-0.2, 0) is 11.3 Å². The van der Waals surface area contributed by atoms with Crippen molar-refractivity contribution in [1.29, 1.82) is 0 Å². The number of halogens is 2. The summed E-state index contributed by atoms with van der Waals surface area (Å²) in [6.07, 6.45) is 1.72. The second-order valence-electron chi connectivity index (χ2n) is 4.95. The molecule has 2 amide bonds. The van der Waals surface area contributed by atoms with Gasteiger partial charge in [0.2, 0.25) is 0 Å². The largest absolute Gasteiger partial charge is 0.383 e. The first-order valence-electron chi connectivity index (χ1n) is 7.04. The predicted octanol–water partition coefficient (Wildman–Crippen LogP) is 2.69. The first-order valence-corrected chi connectivity index (χ1v) is 7.04. The lowest BCUT2D eigenvalue weighted by Crippen LogP contribution is -2.31. The van der Waals surface area contributed by atoms with Crippen LogP contribution in [0.5, 0.6) is 0 Å². The Labute approximate surface area is 132 Å². The number of carbonyl (C=O) groups is 1. The summed E-state index contributed by atoms with van der Waals surface area (Å²) in [5.74, 6) is -1.49. The van der Waals surface area contributed by atoms with Gasteiger partial charge in [-0.05, 0) is 24.6 Å². The number of nitrogens with one attached hydrogen (secondary N) is 2. The molecule has 2 N–H and O–H groups in total. The van der Waals surface area contributed by atoms with E-state index in [1.54, 1.807) is 31.0 Å². The fourth-order valence-electron chi connectivity index (χ4n) is 1.95. The number of rotatable bonds is 6. The van der Waals surface area contributed by atoms with E-state index in [4.69, 9.17) is 4.74 Å². The van der Waals surface area contributed by atoms with Gasteiger partial charge in [0, 0.05) is 19.4 Å². The highest BCUT2D eigenvalue weighted by atomic mass is 19.2. The van der Waals surface area contributed by atoms with Crippen LogP contribution in [0, 0.1) is 11.6 Å². The monoisotopic (exact) mass is 324 g/mol. The van der Waals surface area contributed by atoms with Crippen LogP contribution in [0.15, 0.2) is 30.5 Å². The second kappa shape index (κ2) is 7.68. The Bertz CT molecular complexity index is 675. The van der Waals surface area contributed by atoms with Gasteiger partial charge in [0.05, 0.1) is 19.2 Å². The molecule has 0 saturated heterocycles. The van der Waals surface area contributed by atoms with Crippen LogP contribution in [-0.4, -0.2) is 29.5 Å². The minimum atomic E-state index is -0.951. The zero-order valence-electron chi connectivity index (χ0n) is 12.8. The average molecular weight is 324 g/mol. The van der Waals surface area contributed by atoms with Crippen molar-refractivity contribution in [2.45, 2.75) is 19.5 Å². The maximum Gasteiger partial charge on any atom is 0.320 e. The van der Waals surface area contributed by atoms with Crippen molar-refractivity contribution in [2.75, 3.05) is 19.0 Å². The Morgan fingerprint density at radius 2 is 2.13 bits per heavy atom. The molecule has 1 heterocycles. The lowest BCUT2D eigenvalue weighted by molar-refractivity contribution is 0.183. The molecular formula is C15H18F2N4O2. The van der Waals surface area contributed by atoms with Gasteiger partial charge in [-0.2, -0.15) is 5.10 Å². The smallest absolute Gasteiger partial charge is 0.320 e. The van der Waals surface area contributed by atoms with Crippen molar-refractivity contribution in [3.8, 4) is 0 Å². The molecule has 0 bridgehead atoms. The molecule has 0 spiro atoms. The van der Waals surface area contributed by atoms with E-state index in [0.29, 0.717) is 24.5 Å². The third-order valence-corrected chi connectivity index (χ3v) is 3.20. The first kappa shape index (κ1) is 16.9. The summed E-state index contributed by atoms with van der Waals surface area (Å²) >= 11 is 0. The summed E-state index contributed by atoms with van der Waals surface area (Å²) in [7, 11) is 1.59. The summed E-state index contributed by atoms with van der Waals surface area (Å²) in [6.45, 7) is 2.76. The van der Waals surface area contributed by atoms with Crippen molar-refractivity contribution in [3.63, 3.8) is 0 Å². The molecule has 1 aromatic carbocycles. The van der Waals surface area contributed by atoms with Gasteiger partial charge in [0.15, 0.2) is 17.5 Å². The molecule has 23 heavy (non-hydrogen) atoms. The molecule has 124 valence electrons. The van der Waals surface area contributed by atoms with E-state index in [-0.39, 0.29) is 0 Å². The van der Waals surface area contributed by atoms with E-state index in [1.165, 1.54) is 6.07 Å². The molecule has 0 aliphatic rings. The highest BCUT2D eigenvalue weighted by Gasteiger charge is 2.12. The molecule has 0 aliphatic heterocycles. The molecule has 0 radical (unpaired) electrons. The second-order valence-corrected chi connectivity index (χ2v) is 4.95. The molecule has 0 fully saturated rings. The van der Waals surface area contributed by atoms with Crippen LogP contribution < -0.4 is 10.6 Å². The van der Waals surface area contributed by atoms with Gasteiger partial charge in [0.1, 0.15) is 0 Å². The van der Waals surface area contributed by atoms with Gasteiger partial charge in [-0.3, -0.25) is 10.00 Å². The zero-order valence-corrected chi connectivity index (χ0v) is 12.8. The van der Waals surface area contributed by atoms with Gasteiger partial charge in [-0.15, -0.1) is 0 Å². The minimum absolute atomic E-state index is 0.385. The molecule has 2 rings (SSSR count). The number of methoxy groups -OCH3 is 1. The SMILES string of the molecule is COCCn1ccc(NC(=O)NC(C)c2ccc(F)c(F)c2)n1.